The standard InChI is InChI=1S/C13H30N2O/c1-7-12(4)9-15(5)13(10-16-6)8-14-11(2)3/h11-14H,7-10H2,1-6H3. The van der Waals surface area contributed by atoms with Crippen molar-refractivity contribution in [2.45, 2.75) is 46.2 Å². The average molecular weight is 230 g/mol. The van der Waals surface area contributed by atoms with E-state index in [-0.39, 0.29) is 0 Å². The highest BCUT2D eigenvalue weighted by atomic mass is 16.5. The van der Waals surface area contributed by atoms with E-state index < -0.39 is 0 Å². The van der Waals surface area contributed by atoms with E-state index in [1.807, 2.05) is 0 Å². The third-order valence-electron chi connectivity index (χ3n) is 3.04. The summed E-state index contributed by atoms with van der Waals surface area (Å²) in [6, 6.07) is 1.01. The van der Waals surface area contributed by atoms with Gasteiger partial charge in [-0.05, 0) is 13.0 Å². The quantitative estimate of drug-likeness (QED) is 0.655. The average Bonchev–Trinajstić information content (AvgIpc) is 2.23. The number of nitrogens with one attached hydrogen (secondary N) is 1. The van der Waals surface area contributed by atoms with Gasteiger partial charge in [0, 0.05) is 32.3 Å². The Balaban J connectivity index is 4.06. The van der Waals surface area contributed by atoms with Crippen molar-refractivity contribution in [2.24, 2.45) is 5.92 Å². The molecule has 2 atom stereocenters. The zero-order chi connectivity index (χ0) is 12.6. The molecule has 2 unspecified atom stereocenters. The lowest BCUT2D eigenvalue weighted by molar-refractivity contribution is 0.0954. The SMILES string of the molecule is CCC(C)CN(C)C(CNC(C)C)COC. The number of hydrogen-bond acceptors (Lipinski definition) is 3. The maximum Gasteiger partial charge on any atom is 0.0630 e. The Morgan fingerprint density at radius 1 is 1.25 bits per heavy atom. The van der Waals surface area contributed by atoms with Crippen molar-refractivity contribution in [3.8, 4) is 0 Å². The van der Waals surface area contributed by atoms with Gasteiger partial charge in [-0.15, -0.1) is 0 Å². The van der Waals surface area contributed by atoms with Crippen molar-refractivity contribution in [1.82, 2.24) is 10.2 Å². The van der Waals surface area contributed by atoms with Crippen molar-refractivity contribution < 1.29 is 4.74 Å². The first-order chi connectivity index (χ1) is 7.51. The zero-order valence-electron chi connectivity index (χ0n) is 11.9. The van der Waals surface area contributed by atoms with Crippen molar-refractivity contribution >= 4 is 0 Å². The van der Waals surface area contributed by atoms with Gasteiger partial charge in [-0.2, -0.15) is 0 Å². The fourth-order valence-corrected chi connectivity index (χ4v) is 1.68. The first-order valence-corrected chi connectivity index (χ1v) is 6.43. The van der Waals surface area contributed by atoms with E-state index in [0.717, 1.165) is 25.6 Å². The Kier molecular flexibility index (Phi) is 8.90. The molecule has 0 fully saturated rings. The Morgan fingerprint density at radius 3 is 2.31 bits per heavy atom. The first kappa shape index (κ1) is 15.9. The van der Waals surface area contributed by atoms with Crippen LogP contribution in [0.4, 0.5) is 0 Å². The second-order valence-electron chi connectivity index (χ2n) is 5.13. The van der Waals surface area contributed by atoms with Crippen LogP contribution in [0.5, 0.6) is 0 Å². The van der Waals surface area contributed by atoms with E-state index in [0.29, 0.717) is 12.1 Å². The van der Waals surface area contributed by atoms with Gasteiger partial charge in [0.2, 0.25) is 0 Å². The molecule has 0 radical (unpaired) electrons. The Hall–Kier alpha value is -0.120. The number of nitrogens with zero attached hydrogens (tertiary/aromatic N) is 1. The van der Waals surface area contributed by atoms with Gasteiger partial charge >= 0.3 is 0 Å². The van der Waals surface area contributed by atoms with Crippen LogP contribution < -0.4 is 5.32 Å². The minimum Gasteiger partial charge on any atom is -0.383 e. The van der Waals surface area contributed by atoms with Crippen LogP contribution in [0.1, 0.15) is 34.1 Å². The summed E-state index contributed by atoms with van der Waals surface area (Å²) in [7, 11) is 3.97. The molecule has 0 spiro atoms. The molecular weight excluding hydrogens is 200 g/mol. The van der Waals surface area contributed by atoms with Gasteiger partial charge in [-0.1, -0.05) is 34.1 Å². The highest BCUT2D eigenvalue weighted by Gasteiger charge is 2.16. The Morgan fingerprint density at radius 2 is 1.88 bits per heavy atom. The molecule has 0 aromatic rings. The Labute approximate surface area is 102 Å². The molecule has 0 bridgehead atoms. The van der Waals surface area contributed by atoms with Crippen molar-refractivity contribution in [3.63, 3.8) is 0 Å². The second-order valence-corrected chi connectivity index (χ2v) is 5.13. The molecule has 0 aromatic carbocycles. The highest BCUT2D eigenvalue weighted by molar-refractivity contribution is 4.73. The van der Waals surface area contributed by atoms with Crippen LogP contribution in [0.25, 0.3) is 0 Å². The molecule has 0 aliphatic carbocycles. The number of hydrogen-bond donors (Lipinski definition) is 1. The summed E-state index contributed by atoms with van der Waals surface area (Å²) in [4.78, 5) is 2.41. The topological polar surface area (TPSA) is 24.5 Å². The minimum atomic E-state index is 0.474. The second kappa shape index (κ2) is 8.97. The summed E-state index contributed by atoms with van der Waals surface area (Å²) in [5.41, 5.74) is 0. The molecule has 16 heavy (non-hydrogen) atoms. The lowest BCUT2D eigenvalue weighted by Gasteiger charge is -2.30. The molecule has 1 N–H and O–H groups in total. The van der Waals surface area contributed by atoms with Crippen LogP contribution in [-0.4, -0.2) is 50.8 Å². The maximum atomic E-state index is 5.29. The predicted octanol–water partition coefficient (Wildman–Crippen LogP) is 1.98. The zero-order valence-corrected chi connectivity index (χ0v) is 11.9. The summed E-state index contributed by atoms with van der Waals surface area (Å²) in [6.45, 7) is 11.8. The summed E-state index contributed by atoms with van der Waals surface area (Å²) in [5, 5.41) is 3.48. The van der Waals surface area contributed by atoms with Gasteiger partial charge in [0.05, 0.1) is 6.61 Å². The summed E-state index contributed by atoms with van der Waals surface area (Å²) < 4.78 is 5.29. The lowest BCUT2D eigenvalue weighted by Crippen LogP contribution is -2.46. The smallest absolute Gasteiger partial charge is 0.0630 e. The van der Waals surface area contributed by atoms with Gasteiger partial charge in [0.15, 0.2) is 0 Å². The van der Waals surface area contributed by atoms with E-state index in [4.69, 9.17) is 4.74 Å². The highest BCUT2D eigenvalue weighted by Crippen LogP contribution is 2.06. The molecule has 0 aromatic heterocycles. The van der Waals surface area contributed by atoms with Crippen LogP contribution in [0.3, 0.4) is 0 Å². The van der Waals surface area contributed by atoms with Gasteiger partial charge in [-0.3, -0.25) is 4.90 Å². The van der Waals surface area contributed by atoms with Crippen molar-refractivity contribution in [2.75, 3.05) is 33.9 Å². The van der Waals surface area contributed by atoms with E-state index in [1.165, 1.54) is 6.42 Å². The van der Waals surface area contributed by atoms with Crippen LogP contribution in [0.2, 0.25) is 0 Å². The minimum absolute atomic E-state index is 0.474. The molecule has 0 aliphatic heterocycles. The number of ether oxygens (including phenoxy) is 1. The van der Waals surface area contributed by atoms with Crippen LogP contribution in [0.15, 0.2) is 0 Å². The molecule has 3 heteroatoms. The fourth-order valence-electron chi connectivity index (χ4n) is 1.68. The molecule has 0 aliphatic rings. The van der Waals surface area contributed by atoms with Crippen molar-refractivity contribution in [1.29, 1.82) is 0 Å². The van der Waals surface area contributed by atoms with E-state index >= 15 is 0 Å². The number of methoxy groups -OCH3 is 1. The molecular formula is C13H30N2O. The van der Waals surface area contributed by atoms with Gasteiger partial charge in [0.1, 0.15) is 0 Å². The van der Waals surface area contributed by atoms with Gasteiger partial charge in [0.25, 0.3) is 0 Å². The third kappa shape index (κ3) is 7.20. The summed E-state index contributed by atoms with van der Waals surface area (Å²) in [6.07, 6.45) is 1.24. The van der Waals surface area contributed by atoms with E-state index in [2.05, 4.69) is 45.0 Å². The van der Waals surface area contributed by atoms with Crippen LogP contribution >= 0.6 is 0 Å². The molecule has 0 rings (SSSR count). The normalized spacial score (nSPS) is 15.8. The summed E-state index contributed by atoms with van der Waals surface area (Å²) >= 11 is 0. The number of likely N-dealkylation sites (N-methyl/N-ethyl adjacent to an activating group) is 1. The fraction of sp³-hybridized carbons (Fsp3) is 1.00. The van der Waals surface area contributed by atoms with Crippen LogP contribution in [0, 0.1) is 5.92 Å². The van der Waals surface area contributed by atoms with Gasteiger partial charge in [-0.25, -0.2) is 0 Å². The predicted molar refractivity (Wildman–Crippen MR) is 70.9 cm³/mol. The maximum absolute atomic E-state index is 5.29. The molecule has 98 valence electrons. The van der Waals surface area contributed by atoms with E-state index in [9.17, 15) is 0 Å². The lowest BCUT2D eigenvalue weighted by atomic mass is 10.1. The molecule has 0 amide bonds. The van der Waals surface area contributed by atoms with Crippen LogP contribution in [-0.2, 0) is 4.74 Å². The molecule has 0 heterocycles. The monoisotopic (exact) mass is 230 g/mol. The molecule has 0 saturated heterocycles. The first-order valence-electron chi connectivity index (χ1n) is 6.43. The Bertz CT molecular complexity index is 162. The van der Waals surface area contributed by atoms with Gasteiger partial charge < -0.3 is 10.1 Å². The molecule has 3 nitrogen and oxygen atoms in total. The van der Waals surface area contributed by atoms with E-state index in [1.54, 1.807) is 7.11 Å². The largest absolute Gasteiger partial charge is 0.383 e. The third-order valence-corrected chi connectivity index (χ3v) is 3.04. The van der Waals surface area contributed by atoms with Crippen molar-refractivity contribution in [3.05, 3.63) is 0 Å². The molecule has 0 saturated carbocycles. The number of rotatable bonds is 9. The summed E-state index contributed by atoms with van der Waals surface area (Å²) in [5.74, 6) is 0.753.